The summed E-state index contributed by atoms with van der Waals surface area (Å²) in [5, 5.41) is 3.01. The van der Waals surface area contributed by atoms with E-state index in [0.29, 0.717) is 6.54 Å². The Kier molecular flexibility index (Phi) is 5.64. The SMILES string of the molecule is CCc1cccc(CC)c1N1C[C@@H](C(=O)Nc2ccc(C)cc2C)CC1=O. The summed E-state index contributed by atoms with van der Waals surface area (Å²) in [6, 6.07) is 12.2. The van der Waals surface area contributed by atoms with E-state index in [-0.39, 0.29) is 24.2 Å². The van der Waals surface area contributed by atoms with E-state index in [1.54, 1.807) is 0 Å². The molecule has 0 saturated carbocycles. The van der Waals surface area contributed by atoms with Crippen LogP contribution >= 0.6 is 0 Å². The third-order valence-corrected chi connectivity index (χ3v) is 5.37. The summed E-state index contributed by atoms with van der Waals surface area (Å²) < 4.78 is 0. The molecule has 0 aromatic heterocycles. The fourth-order valence-corrected chi connectivity index (χ4v) is 3.85. The Balaban J connectivity index is 1.80. The molecule has 0 aliphatic carbocycles. The molecule has 1 fully saturated rings. The van der Waals surface area contributed by atoms with Crippen LogP contribution in [0.2, 0.25) is 0 Å². The number of para-hydroxylation sites is 1. The number of hydrogen-bond donors (Lipinski definition) is 1. The van der Waals surface area contributed by atoms with E-state index in [4.69, 9.17) is 0 Å². The second-order valence-electron chi connectivity index (χ2n) is 7.34. The van der Waals surface area contributed by atoms with E-state index in [9.17, 15) is 9.59 Å². The van der Waals surface area contributed by atoms with Crippen molar-refractivity contribution >= 4 is 23.2 Å². The van der Waals surface area contributed by atoms with Gasteiger partial charge in [-0.1, -0.05) is 49.7 Å². The van der Waals surface area contributed by atoms with Crippen molar-refractivity contribution in [3.8, 4) is 0 Å². The van der Waals surface area contributed by atoms with E-state index in [2.05, 4.69) is 31.3 Å². The predicted molar refractivity (Wildman–Crippen MR) is 110 cm³/mol. The smallest absolute Gasteiger partial charge is 0.229 e. The van der Waals surface area contributed by atoms with Gasteiger partial charge >= 0.3 is 0 Å². The molecular weight excluding hydrogens is 336 g/mol. The molecule has 0 bridgehead atoms. The molecule has 3 rings (SSSR count). The van der Waals surface area contributed by atoms with Crippen molar-refractivity contribution in [3.63, 3.8) is 0 Å². The van der Waals surface area contributed by atoms with Crippen molar-refractivity contribution in [1.29, 1.82) is 0 Å². The summed E-state index contributed by atoms with van der Waals surface area (Å²) in [6.07, 6.45) is 2.00. The van der Waals surface area contributed by atoms with Crippen LogP contribution in [0, 0.1) is 19.8 Å². The van der Waals surface area contributed by atoms with Crippen molar-refractivity contribution in [3.05, 3.63) is 58.7 Å². The highest BCUT2D eigenvalue weighted by Gasteiger charge is 2.36. The second-order valence-corrected chi connectivity index (χ2v) is 7.34. The molecule has 0 unspecified atom stereocenters. The number of anilines is 2. The highest BCUT2D eigenvalue weighted by atomic mass is 16.2. The van der Waals surface area contributed by atoms with E-state index in [0.717, 1.165) is 46.5 Å². The van der Waals surface area contributed by atoms with Gasteiger partial charge in [0, 0.05) is 24.3 Å². The van der Waals surface area contributed by atoms with E-state index >= 15 is 0 Å². The molecule has 0 radical (unpaired) electrons. The highest BCUT2D eigenvalue weighted by molar-refractivity contribution is 6.04. The van der Waals surface area contributed by atoms with Crippen LogP contribution in [-0.2, 0) is 22.4 Å². The third kappa shape index (κ3) is 3.90. The van der Waals surface area contributed by atoms with Crippen LogP contribution in [0.1, 0.15) is 42.5 Å². The van der Waals surface area contributed by atoms with Gasteiger partial charge in [0.1, 0.15) is 0 Å². The van der Waals surface area contributed by atoms with Crippen LogP contribution in [0.5, 0.6) is 0 Å². The molecule has 1 N–H and O–H groups in total. The lowest BCUT2D eigenvalue weighted by Crippen LogP contribution is -2.29. The van der Waals surface area contributed by atoms with Gasteiger partial charge in [-0.05, 0) is 49.4 Å². The van der Waals surface area contributed by atoms with Crippen molar-refractivity contribution in [1.82, 2.24) is 0 Å². The molecular formula is C23H28N2O2. The zero-order valence-corrected chi connectivity index (χ0v) is 16.6. The molecule has 142 valence electrons. The first kappa shape index (κ1) is 19.2. The lowest BCUT2D eigenvalue weighted by molar-refractivity contribution is -0.122. The molecule has 0 spiro atoms. The molecule has 4 heteroatoms. The molecule has 2 aromatic carbocycles. The monoisotopic (exact) mass is 364 g/mol. The maximum Gasteiger partial charge on any atom is 0.229 e. The number of carbonyl (C=O) groups excluding carboxylic acids is 2. The van der Waals surface area contributed by atoms with Crippen LogP contribution in [0.3, 0.4) is 0 Å². The molecule has 2 amide bonds. The number of nitrogens with zero attached hydrogens (tertiary/aromatic N) is 1. The fourth-order valence-electron chi connectivity index (χ4n) is 3.85. The summed E-state index contributed by atoms with van der Waals surface area (Å²) in [5.41, 5.74) is 6.36. The maximum absolute atomic E-state index is 12.8. The first-order valence-electron chi connectivity index (χ1n) is 9.73. The molecule has 27 heavy (non-hydrogen) atoms. The zero-order chi connectivity index (χ0) is 19.6. The minimum absolute atomic E-state index is 0.0337. The van der Waals surface area contributed by atoms with Gasteiger partial charge in [0.25, 0.3) is 0 Å². The Labute approximate surface area is 161 Å². The highest BCUT2D eigenvalue weighted by Crippen LogP contribution is 2.33. The zero-order valence-electron chi connectivity index (χ0n) is 16.6. The van der Waals surface area contributed by atoms with Crippen molar-refractivity contribution in [2.24, 2.45) is 5.92 Å². The average molecular weight is 364 g/mol. The minimum atomic E-state index is -0.326. The number of hydrogen-bond acceptors (Lipinski definition) is 2. The van der Waals surface area contributed by atoms with Crippen molar-refractivity contribution < 1.29 is 9.59 Å². The van der Waals surface area contributed by atoms with Crippen molar-refractivity contribution in [2.45, 2.75) is 47.0 Å². The Morgan fingerprint density at radius 1 is 1.11 bits per heavy atom. The van der Waals surface area contributed by atoms with E-state index in [1.165, 1.54) is 0 Å². The Morgan fingerprint density at radius 2 is 1.78 bits per heavy atom. The predicted octanol–water partition coefficient (Wildman–Crippen LogP) is 4.42. The van der Waals surface area contributed by atoms with Crippen LogP contribution in [0.4, 0.5) is 11.4 Å². The Hall–Kier alpha value is -2.62. The van der Waals surface area contributed by atoms with Gasteiger partial charge in [-0.25, -0.2) is 0 Å². The summed E-state index contributed by atoms with van der Waals surface area (Å²) in [5.74, 6) is -0.371. The second kappa shape index (κ2) is 7.95. The summed E-state index contributed by atoms with van der Waals surface area (Å²) in [7, 11) is 0. The topological polar surface area (TPSA) is 49.4 Å². The van der Waals surface area contributed by atoms with Crippen LogP contribution in [0.15, 0.2) is 36.4 Å². The first-order valence-corrected chi connectivity index (χ1v) is 9.73. The largest absolute Gasteiger partial charge is 0.326 e. The lowest BCUT2D eigenvalue weighted by Gasteiger charge is -2.23. The van der Waals surface area contributed by atoms with Gasteiger partial charge in [0.05, 0.1) is 5.92 Å². The minimum Gasteiger partial charge on any atom is -0.326 e. The fraction of sp³-hybridized carbons (Fsp3) is 0.391. The van der Waals surface area contributed by atoms with Gasteiger partial charge in [-0.15, -0.1) is 0 Å². The Bertz CT molecular complexity index is 850. The maximum atomic E-state index is 12.8. The quantitative estimate of drug-likeness (QED) is 0.854. The normalized spacial score (nSPS) is 16.7. The molecule has 1 heterocycles. The van der Waals surface area contributed by atoms with Gasteiger partial charge in [-0.3, -0.25) is 9.59 Å². The van der Waals surface area contributed by atoms with Crippen LogP contribution in [-0.4, -0.2) is 18.4 Å². The van der Waals surface area contributed by atoms with Crippen LogP contribution < -0.4 is 10.2 Å². The number of rotatable bonds is 5. The summed E-state index contributed by atoms with van der Waals surface area (Å²) >= 11 is 0. The molecule has 4 nitrogen and oxygen atoms in total. The van der Waals surface area contributed by atoms with Gasteiger partial charge in [-0.2, -0.15) is 0 Å². The van der Waals surface area contributed by atoms with Gasteiger partial charge in [0.15, 0.2) is 0 Å². The summed E-state index contributed by atoms with van der Waals surface area (Å²) in [4.78, 5) is 27.4. The van der Waals surface area contributed by atoms with Gasteiger partial charge in [0.2, 0.25) is 11.8 Å². The summed E-state index contributed by atoms with van der Waals surface area (Å²) in [6.45, 7) is 8.66. The number of amides is 2. The number of benzene rings is 2. The molecule has 1 atom stereocenters. The first-order chi connectivity index (χ1) is 12.9. The number of carbonyl (C=O) groups is 2. The number of aryl methyl sites for hydroxylation is 4. The molecule has 1 aliphatic heterocycles. The molecule has 2 aromatic rings. The lowest BCUT2D eigenvalue weighted by atomic mass is 10.0. The average Bonchev–Trinajstić information content (AvgIpc) is 3.04. The van der Waals surface area contributed by atoms with Gasteiger partial charge < -0.3 is 10.2 Å². The third-order valence-electron chi connectivity index (χ3n) is 5.37. The van der Waals surface area contributed by atoms with Crippen molar-refractivity contribution in [2.75, 3.05) is 16.8 Å². The van der Waals surface area contributed by atoms with Crippen LogP contribution in [0.25, 0.3) is 0 Å². The Morgan fingerprint density at radius 3 is 2.37 bits per heavy atom. The molecule has 1 saturated heterocycles. The molecule has 1 aliphatic rings. The number of nitrogens with one attached hydrogen (secondary N) is 1. The van der Waals surface area contributed by atoms with E-state index in [1.807, 2.05) is 43.0 Å². The standard InChI is InChI=1S/C23H28N2O2/c1-5-17-8-7-9-18(6-2)22(17)25-14-19(13-21(25)26)23(27)24-20-11-10-15(3)12-16(20)4/h7-12,19H,5-6,13-14H2,1-4H3,(H,24,27)/t19-/m0/s1. The van der Waals surface area contributed by atoms with E-state index < -0.39 is 0 Å².